The van der Waals surface area contributed by atoms with Crippen LogP contribution in [-0.2, 0) is 6.54 Å². The van der Waals surface area contributed by atoms with Crippen LogP contribution in [0.2, 0.25) is 0 Å². The van der Waals surface area contributed by atoms with Gasteiger partial charge in [-0.2, -0.15) is 0 Å². The number of rotatable bonds is 5. The number of halogens is 1. The Morgan fingerprint density at radius 1 is 1.30 bits per heavy atom. The molecule has 0 radical (unpaired) electrons. The number of hydrogen-bond acceptors (Lipinski definition) is 1. The van der Waals surface area contributed by atoms with E-state index in [0.717, 1.165) is 18.7 Å². The highest BCUT2D eigenvalue weighted by molar-refractivity contribution is 5.85. The summed E-state index contributed by atoms with van der Waals surface area (Å²) in [6.07, 6.45) is 4.08. The third-order valence-electron chi connectivity index (χ3n) is 3.35. The van der Waals surface area contributed by atoms with Crippen LogP contribution in [0.25, 0.3) is 5.57 Å². The molecule has 0 aliphatic heterocycles. The first-order valence-corrected chi connectivity index (χ1v) is 7.81. The Morgan fingerprint density at radius 2 is 1.96 bits per heavy atom. The van der Waals surface area contributed by atoms with Gasteiger partial charge in [-0.15, -0.1) is 12.4 Å². The number of benzene rings is 1. The standard InChI is InChI=1S/C21H29N.ClH/c1-17(2)19-12-11-18(3)20(15-19)16-22(7)14-10-8-9-13-21(4,5)6;/h8,10-12,15H,1,14,16H2,2-7H3;1H. The molecule has 0 fully saturated rings. The predicted octanol–water partition coefficient (Wildman–Crippen LogP) is 5.49. The van der Waals surface area contributed by atoms with Crippen LogP contribution in [-0.4, -0.2) is 18.5 Å². The van der Waals surface area contributed by atoms with Gasteiger partial charge >= 0.3 is 0 Å². The normalized spacial score (nSPS) is 11.1. The zero-order chi connectivity index (χ0) is 16.8. The van der Waals surface area contributed by atoms with E-state index in [1.807, 2.05) is 6.08 Å². The molecular formula is C21H30ClN. The van der Waals surface area contributed by atoms with Gasteiger partial charge in [0, 0.05) is 18.5 Å². The van der Waals surface area contributed by atoms with Crippen LogP contribution in [0.3, 0.4) is 0 Å². The second-order valence-electron chi connectivity index (χ2n) is 7.04. The molecule has 2 heteroatoms. The molecule has 0 unspecified atom stereocenters. The van der Waals surface area contributed by atoms with Crippen LogP contribution in [0.15, 0.2) is 36.9 Å². The minimum Gasteiger partial charge on any atom is -0.298 e. The van der Waals surface area contributed by atoms with Crippen LogP contribution < -0.4 is 0 Å². The molecule has 0 aromatic heterocycles. The molecule has 126 valence electrons. The lowest BCUT2D eigenvalue weighted by molar-refractivity contribution is 0.362. The van der Waals surface area contributed by atoms with Crippen LogP contribution in [0, 0.1) is 24.2 Å². The lowest BCUT2D eigenvalue weighted by Crippen LogP contribution is -2.18. The highest BCUT2D eigenvalue weighted by Gasteiger charge is 2.04. The summed E-state index contributed by atoms with van der Waals surface area (Å²) < 4.78 is 0. The highest BCUT2D eigenvalue weighted by atomic mass is 35.5. The minimum absolute atomic E-state index is 0. The molecule has 0 spiro atoms. The molecule has 1 nitrogen and oxygen atoms in total. The van der Waals surface area contributed by atoms with E-state index in [1.54, 1.807) is 0 Å². The maximum atomic E-state index is 4.03. The van der Waals surface area contributed by atoms with Crippen LogP contribution in [0.5, 0.6) is 0 Å². The monoisotopic (exact) mass is 331 g/mol. The average molecular weight is 332 g/mol. The molecule has 1 aromatic carbocycles. The third kappa shape index (κ3) is 8.65. The number of likely N-dealkylation sites (N-methyl/N-ethyl adjacent to an activating group) is 1. The van der Waals surface area contributed by atoms with E-state index in [0.29, 0.717) is 0 Å². The Morgan fingerprint density at radius 3 is 2.52 bits per heavy atom. The number of aryl methyl sites for hydroxylation is 1. The number of nitrogens with zero attached hydrogens (tertiary/aromatic N) is 1. The summed E-state index contributed by atoms with van der Waals surface area (Å²) in [5, 5.41) is 0. The van der Waals surface area contributed by atoms with Gasteiger partial charge in [-0.05, 0) is 70.5 Å². The quantitative estimate of drug-likeness (QED) is 0.645. The molecule has 0 amide bonds. The summed E-state index contributed by atoms with van der Waals surface area (Å²) in [5.74, 6) is 6.32. The van der Waals surface area contributed by atoms with Crippen molar-refractivity contribution in [2.24, 2.45) is 5.41 Å². The Kier molecular flexibility index (Phi) is 8.98. The number of allylic oxidation sites excluding steroid dienone is 2. The van der Waals surface area contributed by atoms with Crippen molar-refractivity contribution in [2.75, 3.05) is 13.6 Å². The summed E-state index contributed by atoms with van der Waals surface area (Å²) in [7, 11) is 2.13. The molecule has 0 bridgehead atoms. The molecule has 0 N–H and O–H groups in total. The fourth-order valence-corrected chi connectivity index (χ4v) is 2.01. The van der Waals surface area contributed by atoms with Crippen molar-refractivity contribution >= 4 is 18.0 Å². The van der Waals surface area contributed by atoms with Crippen molar-refractivity contribution in [1.82, 2.24) is 4.90 Å². The van der Waals surface area contributed by atoms with Crippen molar-refractivity contribution in [3.63, 3.8) is 0 Å². The summed E-state index contributed by atoms with van der Waals surface area (Å²) in [4.78, 5) is 2.29. The third-order valence-corrected chi connectivity index (χ3v) is 3.35. The molecule has 1 rings (SSSR count). The molecule has 0 heterocycles. The minimum atomic E-state index is 0. The molecule has 0 atom stereocenters. The smallest absolute Gasteiger partial charge is 0.0236 e. The van der Waals surface area contributed by atoms with E-state index < -0.39 is 0 Å². The topological polar surface area (TPSA) is 3.24 Å². The molecule has 23 heavy (non-hydrogen) atoms. The van der Waals surface area contributed by atoms with E-state index in [4.69, 9.17) is 0 Å². The second-order valence-corrected chi connectivity index (χ2v) is 7.04. The lowest BCUT2D eigenvalue weighted by Gasteiger charge is -2.17. The van der Waals surface area contributed by atoms with Gasteiger partial charge in [0.15, 0.2) is 0 Å². The summed E-state index contributed by atoms with van der Waals surface area (Å²) in [5.41, 5.74) is 5.09. The van der Waals surface area contributed by atoms with Crippen molar-refractivity contribution in [1.29, 1.82) is 0 Å². The largest absolute Gasteiger partial charge is 0.298 e. The average Bonchev–Trinajstić information content (AvgIpc) is 2.39. The molecule has 0 saturated heterocycles. The maximum Gasteiger partial charge on any atom is 0.0236 e. The van der Waals surface area contributed by atoms with Gasteiger partial charge in [-0.1, -0.05) is 42.2 Å². The SMILES string of the molecule is C=C(C)c1ccc(C)c(CN(C)CC=CC#CC(C)(C)C)c1.Cl. The fourth-order valence-electron chi connectivity index (χ4n) is 2.01. The van der Waals surface area contributed by atoms with Gasteiger partial charge in [0.2, 0.25) is 0 Å². The van der Waals surface area contributed by atoms with Crippen LogP contribution in [0.4, 0.5) is 0 Å². The molecule has 0 aliphatic carbocycles. The summed E-state index contributed by atoms with van der Waals surface area (Å²) in [6.45, 7) is 16.4. The van der Waals surface area contributed by atoms with Crippen molar-refractivity contribution < 1.29 is 0 Å². The van der Waals surface area contributed by atoms with E-state index >= 15 is 0 Å². The van der Waals surface area contributed by atoms with E-state index in [2.05, 4.69) is 89.3 Å². The maximum absolute atomic E-state index is 4.03. The Labute approximate surface area is 148 Å². The fraction of sp³-hybridized carbons (Fsp3) is 0.429. The van der Waals surface area contributed by atoms with Crippen molar-refractivity contribution in [3.05, 3.63) is 53.6 Å². The summed E-state index contributed by atoms with van der Waals surface area (Å²) in [6, 6.07) is 6.57. The second kappa shape index (κ2) is 9.60. The van der Waals surface area contributed by atoms with Gasteiger partial charge in [0.25, 0.3) is 0 Å². The van der Waals surface area contributed by atoms with E-state index in [1.165, 1.54) is 16.7 Å². The zero-order valence-electron chi connectivity index (χ0n) is 15.4. The first-order valence-electron chi connectivity index (χ1n) is 7.81. The predicted molar refractivity (Wildman–Crippen MR) is 106 cm³/mol. The molecule has 0 saturated carbocycles. The van der Waals surface area contributed by atoms with Crippen molar-refractivity contribution in [3.8, 4) is 11.8 Å². The van der Waals surface area contributed by atoms with Gasteiger partial charge in [-0.3, -0.25) is 4.90 Å². The van der Waals surface area contributed by atoms with Gasteiger partial charge in [0.05, 0.1) is 0 Å². The first kappa shape index (κ1) is 21.5. The first-order chi connectivity index (χ1) is 10.2. The van der Waals surface area contributed by atoms with E-state index in [9.17, 15) is 0 Å². The van der Waals surface area contributed by atoms with E-state index in [-0.39, 0.29) is 17.8 Å². The van der Waals surface area contributed by atoms with Crippen LogP contribution in [0.1, 0.15) is 44.4 Å². The lowest BCUT2D eigenvalue weighted by atomic mass is 9.98. The molecule has 1 aromatic rings. The molecular weight excluding hydrogens is 302 g/mol. The Hall–Kier alpha value is -1.49. The van der Waals surface area contributed by atoms with Gasteiger partial charge in [0.1, 0.15) is 0 Å². The van der Waals surface area contributed by atoms with Crippen molar-refractivity contribution in [2.45, 2.75) is 41.2 Å². The van der Waals surface area contributed by atoms with Gasteiger partial charge < -0.3 is 0 Å². The Balaban J connectivity index is 0.00000484. The zero-order valence-corrected chi connectivity index (χ0v) is 16.2. The summed E-state index contributed by atoms with van der Waals surface area (Å²) >= 11 is 0. The highest BCUT2D eigenvalue weighted by Crippen LogP contribution is 2.18. The Bertz CT molecular complexity index is 609. The molecule has 0 aliphatic rings. The number of hydrogen-bond donors (Lipinski definition) is 0. The van der Waals surface area contributed by atoms with Crippen LogP contribution >= 0.6 is 12.4 Å². The van der Waals surface area contributed by atoms with Gasteiger partial charge in [-0.25, -0.2) is 0 Å².